The van der Waals surface area contributed by atoms with Crippen LogP contribution in [-0.4, -0.2) is 50.3 Å². The number of fused-ring (bicyclic) bond motifs is 4. The predicted molar refractivity (Wildman–Crippen MR) is 548 cm³/mol. The Balaban J connectivity index is 0.000000123. The van der Waals surface area contributed by atoms with Crippen LogP contribution < -0.4 is 40.9 Å². The molecule has 4 aliphatic heterocycles. The Labute approximate surface area is 791 Å². The lowest BCUT2D eigenvalue weighted by atomic mass is 9.77. The van der Waals surface area contributed by atoms with Crippen molar-refractivity contribution in [1.82, 2.24) is 0 Å². The van der Waals surface area contributed by atoms with Gasteiger partial charge in [0, 0.05) is 65.3 Å². The number of benzene rings is 12. The van der Waals surface area contributed by atoms with Crippen LogP contribution in [0, 0.1) is 36.4 Å². The number of aryl methyl sites for hydroxylation is 1. The van der Waals surface area contributed by atoms with Crippen molar-refractivity contribution in [3.8, 4) is 44.5 Å². The van der Waals surface area contributed by atoms with Crippen LogP contribution in [0.1, 0.15) is 230 Å². The number of nitrogens with zero attached hydrogens (tertiary/aromatic N) is 4. The molecule has 4 heterocycles. The molecule has 8 aliphatic rings. The van der Waals surface area contributed by atoms with Gasteiger partial charge in [0.05, 0.1) is 16.4 Å². The molecule has 15 heteroatoms. The lowest BCUT2D eigenvalue weighted by Crippen LogP contribution is -2.33. The normalized spacial score (nSPS) is 19.9. The number of rotatable bonds is 16. The van der Waals surface area contributed by atoms with Gasteiger partial charge < -0.3 is 21.3 Å². The third-order valence-corrected chi connectivity index (χ3v) is 30.6. The first-order chi connectivity index (χ1) is 64.4. The van der Waals surface area contributed by atoms with E-state index in [2.05, 4.69) is 213 Å². The van der Waals surface area contributed by atoms with Crippen LogP contribution in [-0.2, 0) is 25.7 Å². The van der Waals surface area contributed by atoms with Crippen molar-refractivity contribution in [2.75, 3.05) is 67.0 Å². The molecule has 680 valence electrons. The highest BCUT2D eigenvalue weighted by atomic mass is 35.5. The summed E-state index contributed by atoms with van der Waals surface area (Å²) in [6, 6.07) is 90.5. The average molecular weight is 1800 g/mol. The highest BCUT2D eigenvalue weighted by Gasteiger charge is 2.33. The average Bonchev–Trinajstić information content (AvgIpc) is 1.64. The van der Waals surface area contributed by atoms with Gasteiger partial charge in [0.2, 0.25) is 0 Å². The summed E-state index contributed by atoms with van der Waals surface area (Å²) in [7, 11) is 0. The summed E-state index contributed by atoms with van der Waals surface area (Å²) in [6.45, 7) is 14.0. The van der Waals surface area contributed by atoms with E-state index in [-0.39, 0.29) is 29.8 Å². The Hall–Kier alpha value is -11.8. The van der Waals surface area contributed by atoms with Gasteiger partial charge in [-0.3, -0.25) is 19.6 Å². The molecular weight excluding hydrogens is 1670 g/mol. The maximum absolute atomic E-state index is 13.9. The van der Waals surface area contributed by atoms with Gasteiger partial charge in [0.1, 0.15) is 5.82 Å². The van der Waals surface area contributed by atoms with Crippen LogP contribution in [0.5, 0.6) is 0 Å². The maximum Gasteiger partial charge on any atom is 0.326 e. The lowest BCUT2D eigenvalue weighted by molar-refractivity contribution is 0.256. The second kappa shape index (κ2) is 43.3. The number of carbonyl (C=O) groups is 4. The van der Waals surface area contributed by atoms with Gasteiger partial charge in [-0.2, -0.15) is 0 Å². The standard InChI is InChI=1S/C30H34N2O.2C29H31ClN2O.C29H31FN2O/c1-3-22-6-8-23(9-7-22)24-10-12-25(13-11-24)26-14-17-29-27(20-26)18-19-32(29)30(33)31-28-15-4-21(2)5-16-28;1-2-20-6-8-21(9-7-20)22-10-12-23(13-11-22)24-14-15-28-25(18-24)16-17-32(28)29(33)31-27-5-3-4-26(30)19-27;2*1-2-20-7-9-21(10-8-20)22-11-13-23(14-12-22)24-15-16-28-25(19-24)17-18-32(28)29(33)31-27-6-4-3-5-26(27)30/h4-5,10-17,20,22-23H,3,6-9,18-19H2,1-2H3,(H,31,33);3-5,10-15,18-21H,2,6-9,16-17H2,1H3,(H,31,33);2*3-6,11-16,19-21H,2,7-10,17-18H2,1H3,(H,31,33). The summed E-state index contributed by atoms with van der Waals surface area (Å²) in [4.78, 5) is 58.5. The predicted octanol–water partition coefficient (Wildman–Crippen LogP) is 32.3. The van der Waals surface area contributed by atoms with E-state index in [1.165, 1.54) is 223 Å². The van der Waals surface area contributed by atoms with Crippen molar-refractivity contribution >= 4 is 92.8 Å². The molecule has 4 N–H and O–H groups in total. The van der Waals surface area contributed by atoms with Crippen molar-refractivity contribution in [3.05, 3.63) is 333 Å². The molecule has 0 unspecified atom stereocenters. The number of nitrogens with one attached hydrogen (secondary N) is 4. The smallest absolute Gasteiger partial charge is 0.308 e. The second-order valence-electron chi connectivity index (χ2n) is 38.0. The van der Waals surface area contributed by atoms with Crippen molar-refractivity contribution in [3.63, 3.8) is 0 Å². The number of amides is 8. The van der Waals surface area contributed by atoms with Gasteiger partial charge in [-0.1, -0.05) is 246 Å². The largest absolute Gasteiger partial charge is 0.326 e. The van der Waals surface area contributed by atoms with Crippen LogP contribution in [0.2, 0.25) is 10.0 Å². The van der Waals surface area contributed by atoms with Crippen molar-refractivity contribution in [2.24, 2.45) is 23.7 Å². The van der Waals surface area contributed by atoms with Gasteiger partial charge in [0.25, 0.3) is 0 Å². The number of para-hydroxylation sites is 2. The van der Waals surface area contributed by atoms with Gasteiger partial charge in [0.15, 0.2) is 0 Å². The summed E-state index contributed by atoms with van der Waals surface area (Å²) >= 11 is 12.2. The van der Waals surface area contributed by atoms with E-state index in [0.29, 0.717) is 58.8 Å². The first kappa shape index (κ1) is 92.1. The zero-order chi connectivity index (χ0) is 91.1. The molecule has 20 rings (SSSR count). The number of anilines is 8. The Morgan fingerprint density at radius 1 is 0.295 bits per heavy atom. The monoisotopic (exact) mass is 1800 g/mol. The fraction of sp³-hybridized carbons (Fsp3) is 0.350. The minimum absolute atomic E-state index is 0.0625. The first-order valence-electron chi connectivity index (χ1n) is 49.0. The van der Waals surface area contributed by atoms with Crippen LogP contribution in [0.3, 0.4) is 0 Å². The minimum atomic E-state index is -0.428. The molecule has 0 bridgehead atoms. The molecule has 4 aliphatic carbocycles. The van der Waals surface area contributed by atoms with E-state index in [0.717, 1.165) is 95.8 Å². The summed E-state index contributed by atoms with van der Waals surface area (Å²) in [5.41, 5.74) is 28.0. The molecule has 132 heavy (non-hydrogen) atoms. The first-order valence-corrected chi connectivity index (χ1v) is 49.8. The maximum atomic E-state index is 13.9. The summed E-state index contributed by atoms with van der Waals surface area (Å²) < 4.78 is 13.9. The molecule has 0 spiro atoms. The molecular formula is C117H127Cl2FN8O4. The van der Waals surface area contributed by atoms with Crippen molar-refractivity contribution < 1.29 is 23.6 Å². The van der Waals surface area contributed by atoms with E-state index in [1.54, 1.807) is 46.2 Å². The third kappa shape index (κ3) is 22.3. The third-order valence-electron chi connectivity index (χ3n) is 30.0. The highest BCUT2D eigenvalue weighted by Crippen LogP contribution is 2.46. The van der Waals surface area contributed by atoms with Crippen molar-refractivity contribution in [2.45, 2.75) is 212 Å². The quantitative estimate of drug-likeness (QED) is 0.0768. The van der Waals surface area contributed by atoms with Gasteiger partial charge in [-0.15, -0.1) is 0 Å². The van der Waals surface area contributed by atoms with Crippen LogP contribution in [0.25, 0.3) is 44.5 Å². The number of hydrogen-bond donors (Lipinski definition) is 4. The zero-order valence-corrected chi connectivity index (χ0v) is 78.9. The topological polar surface area (TPSA) is 129 Å². The van der Waals surface area contributed by atoms with E-state index in [1.807, 2.05) is 77.4 Å². The van der Waals surface area contributed by atoms with E-state index >= 15 is 0 Å². The lowest BCUT2D eigenvalue weighted by Gasteiger charge is -2.28. The number of carbonyl (C=O) groups excluding carboxylic acids is 4. The second-order valence-corrected chi connectivity index (χ2v) is 38.9. The Bertz CT molecular complexity index is 5790. The van der Waals surface area contributed by atoms with E-state index in [4.69, 9.17) is 23.2 Å². The molecule has 12 aromatic carbocycles. The van der Waals surface area contributed by atoms with Crippen LogP contribution >= 0.6 is 23.2 Å². The molecule has 4 saturated carbocycles. The number of urea groups is 4. The Kier molecular flexibility index (Phi) is 30.2. The summed E-state index contributed by atoms with van der Waals surface area (Å²) in [5.74, 6) is 6.14. The number of hydrogen-bond acceptors (Lipinski definition) is 4. The zero-order valence-electron chi connectivity index (χ0n) is 77.4. The molecule has 0 saturated heterocycles. The molecule has 0 aromatic heterocycles. The minimum Gasteiger partial charge on any atom is -0.308 e. The molecule has 8 amide bonds. The molecule has 12 aromatic rings. The van der Waals surface area contributed by atoms with Gasteiger partial charge >= 0.3 is 24.1 Å². The molecule has 12 nitrogen and oxygen atoms in total. The summed E-state index contributed by atoms with van der Waals surface area (Å²) in [6.07, 6.45) is 30.2. The fourth-order valence-electron chi connectivity index (χ4n) is 21.7. The van der Waals surface area contributed by atoms with Crippen LogP contribution in [0.4, 0.5) is 69.1 Å². The van der Waals surface area contributed by atoms with Crippen LogP contribution in [0.15, 0.2) is 267 Å². The Morgan fingerprint density at radius 2 is 0.583 bits per heavy atom. The van der Waals surface area contributed by atoms with E-state index in [9.17, 15) is 23.6 Å². The Morgan fingerprint density at radius 3 is 0.894 bits per heavy atom. The number of halogens is 3. The van der Waals surface area contributed by atoms with E-state index < -0.39 is 5.82 Å². The van der Waals surface area contributed by atoms with Crippen molar-refractivity contribution in [1.29, 1.82) is 0 Å². The van der Waals surface area contributed by atoms with Gasteiger partial charge in [-0.25, -0.2) is 23.6 Å². The van der Waals surface area contributed by atoms with Gasteiger partial charge in [-0.05, 0) is 375 Å². The molecule has 4 fully saturated rings. The summed E-state index contributed by atoms with van der Waals surface area (Å²) in [5, 5.41) is 12.8. The molecule has 0 radical (unpaired) electrons. The SMILES string of the molecule is CCC1CCC(c2ccc(-c3ccc4c(c3)CCN4C(=O)Nc3ccc(C)cc3)cc2)CC1.CCC1CCC(c2ccc(-c3ccc4c(c3)CCN4C(=O)Nc3cccc(Cl)c3)cc2)CC1.CCC1CCC(c2ccc(-c3ccc4c(c3)CCN4C(=O)Nc3ccccc3Cl)cc2)CC1.CCC1CCC(c2ccc(-c3ccc4c(c3)CCN4C(=O)Nc3ccccc3F)cc2)CC1. The highest BCUT2D eigenvalue weighted by molar-refractivity contribution is 6.34. The molecule has 0 atom stereocenters. The fourth-order valence-corrected chi connectivity index (χ4v) is 22.0.